The van der Waals surface area contributed by atoms with E-state index < -0.39 is 11.6 Å². The van der Waals surface area contributed by atoms with Crippen molar-refractivity contribution in [3.8, 4) is 0 Å². The molecule has 0 radical (unpaired) electrons. The van der Waals surface area contributed by atoms with E-state index in [1.54, 1.807) is 62.4 Å². The summed E-state index contributed by atoms with van der Waals surface area (Å²) < 4.78 is 33.1. The Hall–Kier alpha value is -1.98. The third kappa shape index (κ3) is 6.28. The van der Waals surface area contributed by atoms with Crippen molar-refractivity contribution >= 4 is 43.0 Å². The van der Waals surface area contributed by atoms with Crippen LogP contribution in [0.5, 0.6) is 0 Å². The topological polar surface area (TPSA) is 37.9 Å². The van der Waals surface area contributed by atoms with Crippen molar-refractivity contribution in [3.05, 3.63) is 83.8 Å². The molecule has 8 heteroatoms. The van der Waals surface area contributed by atoms with Gasteiger partial charge >= 0.3 is 33.3 Å². The second-order valence-corrected chi connectivity index (χ2v) is 7.34. The molecule has 0 aliphatic rings. The fourth-order valence-electron chi connectivity index (χ4n) is 2.28. The van der Waals surface area contributed by atoms with Crippen molar-refractivity contribution in [1.82, 2.24) is 0 Å². The first-order valence-corrected chi connectivity index (χ1v) is 11.1. The van der Waals surface area contributed by atoms with E-state index in [0.717, 1.165) is 0 Å². The zero-order valence-electron chi connectivity index (χ0n) is 14.9. The molecule has 148 valence electrons. The van der Waals surface area contributed by atoms with Gasteiger partial charge in [0.15, 0.2) is 0 Å². The molecule has 1 aromatic heterocycles. The van der Waals surface area contributed by atoms with E-state index in [1.807, 2.05) is 0 Å². The zero-order chi connectivity index (χ0) is 20.5. The Morgan fingerprint density at radius 1 is 0.750 bits per heavy atom. The van der Waals surface area contributed by atoms with Crippen LogP contribution in [0.25, 0.3) is 0 Å². The van der Waals surface area contributed by atoms with Gasteiger partial charge in [-0.05, 0) is 50.2 Å². The van der Waals surface area contributed by atoms with Gasteiger partial charge in [-0.3, -0.25) is 0 Å². The number of rotatable bonds is 4. The minimum atomic E-state index is -0.397. The van der Waals surface area contributed by atoms with Crippen LogP contribution in [-0.2, 0) is 13.1 Å². The van der Waals surface area contributed by atoms with Gasteiger partial charge < -0.3 is 4.42 Å². The first kappa shape index (κ1) is 22.3. The van der Waals surface area contributed by atoms with E-state index in [2.05, 4.69) is 9.98 Å². The van der Waals surface area contributed by atoms with Crippen LogP contribution in [0, 0.1) is 11.6 Å². The molecule has 2 aromatic carbocycles. The summed E-state index contributed by atoms with van der Waals surface area (Å²) in [6.07, 6.45) is 0. The first-order valence-electron chi connectivity index (χ1n) is 8.01. The molecule has 0 spiro atoms. The van der Waals surface area contributed by atoms with Gasteiger partial charge in [-0.15, -0.1) is 0 Å². The molecular weight excluding hydrogens is 449 g/mol. The molecule has 3 aromatic rings. The molecule has 0 N–H and O–H groups in total. The fourth-order valence-corrected chi connectivity index (χ4v) is 2.28. The van der Waals surface area contributed by atoms with Crippen molar-refractivity contribution in [3.63, 3.8) is 0 Å². The van der Waals surface area contributed by atoms with E-state index in [9.17, 15) is 8.78 Å². The SMILES string of the molecule is CC(=Nc1ccccc1F)c1ccc(C(C)=Nc2ccccc2F)o1.[Cl][Fe][Cl]. The Kier molecular flexibility index (Phi) is 8.86. The van der Waals surface area contributed by atoms with Crippen LogP contribution >= 0.6 is 20.2 Å². The molecule has 0 bridgehead atoms. The second kappa shape index (κ2) is 11.1. The van der Waals surface area contributed by atoms with Gasteiger partial charge in [0.2, 0.25) is 0 Å². The van der Waals surface area contributed by atoms with E-state index >= 15 is 0 Å². The molecule has 3 nitrogen and oxygen atoms in total. The molecule has 1 heterocycles. The summed E-state index contributed by atoms with van der Waals surface area (Å²) in [5.74, 6) is 0.208. The molecule has 28 heavy (non-hydrogen) atoms. The molecule has 0 fully saturated rings. The van der Waals surface area contributed by atoms with Crippen LogP contribution in [0.1, 0.15) is 25.4 Å². The summed E-state index contributed by atoms with van der Waals surface area (Å²) in [5.41, 5.74) is 1.56. The Balaban J connectivity index is 0.000000878. The van der Waals surface area contributed by atoms with Crippen LogP contribution in [0.4, 0.5) is 20.2 Å². The van der Waals surface area contributed by atoms with Crippen LogP contribution < -0.4 is 0 Å². The summed E-state index contributed by atoms with van der Waals surface area (Å²) in [7, 11) is 9.53. The summed E-state index contributed by atoms with van der Waals surface area (Å²) in [5, 5.41) is 0. The zero-order valence-corrected chi connectivity index (χ0v) is 17.6. The van der Waals surface area contributed by atoms with Gasteiger partial charge in [0.25, 0.3) is 0 Å². The quantitative estimate of drug-likeness (QED) is 0.296. The average Bonchev–Trinajstić information content (AvgIpc) is 3.17. The molecule has 0 aliphatic carbocycles. The summed E-state index contributed by atoms with van der Waals surface area (Å²) in [6.45, 7) is 3.47. The normalized spacial score (nSPS) is 11.9. The Bertz CT molecular complexity index is 914. The van der Waals surface area contributed by atoms with Crippen LogP contribution in [-0.4, -0.2) is 11.4 Å². The van der Waals surface area contributed by atoms with Gasteiger partial charge in [-0.25, -0.2) is 18.8 Å². The van der Waals surface area contributed by atoms with Crippen molar-refractivity contribution in [2.24, 2.45) is 9.98 Å². The third-order valence-electron chi connectivity index (χ3n) is 3.60. The van der Waals surface area contributed by atoms with E-state index in [1.165, 1.54) is 12.1 Å². The Morgan fingerprint density at radius 3 is 1.46 bits per heavy atom. The summed E-state index contributed by atoms with van der Waals surface area (Å²) >= 11 is 0.194. The van der Waals surface area contributed by atoms with Crippen molar-refractivity contribution in [2.45, 2.75) is 13.8 Å². The molecule has 3 rings (SSSR count). The number of hydrogen-bond donors (Lipinski definition) is 0. The van der Waals surface area contributed by atoms with E-state index in [4.69, 9.17) is 24.6 Å². The van der Waals surface area contributed by atoms with E-state index in [-0.39, 0.29) is 24.5 Å². The molecule has 0 unspecified atom stereocenters. The molecule has 0 atom stereocenters. The van der Waals surface area contributed by atoms with Crippen LogP contribution in [0.3, 0.4) is 0 Å². The van der Waals surface area contributed by atoms with Gasteiger partial charge in [0.05, 0.1) is 22.8 Å². The van der Waals surface area contributed by atoms with Crippen molar-refractivity contribution in [1.29, 1.82) is 0 Å². The average molecular weight is 465 g/mol. The molecule has 0 aliphatic heterocycles. The Labute approximate surface area is 176 Å². The monoisotopic (exact) mass is 464 g/mol. The van der Waals surface area contributed by atoms with Crippen LogP contribution in [0.2, 0.25) is 0 Å². The van der Waals surface area contributed by atoms with Crippen molar-refractivity contribution in [2.75, 3.05) is 0 Å². The molecular formula is C20H16Cl2F2FeN2O. The number of nitrogens with zero attached hydrogens (tertiary/aromatic N) is 2. The molecule has 0 saturated heterocycles. The maximum atomic E-state index is 13.7. The predicted octanol–water partition coefficient (Wildman–Crippen LogP) is 7.22. The number of benzene rings is 2. The van der Waals surface area contributed by atoms with Gasteiger partial charge in [0.1, 0.15) is 23.2 Å². The van der Waals surface area contributed by atoms with Gasteiger partial charge in [0, 0.05) is 0 Å². The van der Waals surface area contributed by atoms with Crippen molar-refractivity contribution < 1.29 is 26.3 Å². The molecule has 0 saturated carbocycles. The Morgan fingerprint density at radius 2 is 1.11 bits per heavy atom. The predicted molar refractivity (Wildman–Crippen MR) is 107 cm³/mol. The minimum absolute atomic E-state index is 0.194. The number of hydrogen-bond acceptors (Lipinski definition) is 3. The number of para-hydroxylation sites is 2. The summed E-state index contributed by atoms with van der Waals surface area (Å²) in [6, 6.07) is 16.0. The number of halogens is 4. The standard InChI is InChI=1S/C20H16F2N2O.2ClH.Fe/c1-13(23-17-9-5-3-7-15(17)21)19-11-12-20(25-19)14(2)24-18-10-6-4-8-16(18)22;;;/h3-12H,1-2H3;2*1H;/q;;;+2/p-2. The number of furan rings is 1. The first-order chi connectivity index (χ1) is 13.5. The van der Waals surface area contributed by atoms with Crippen LogP contribution in [0.15, 0.2) is 75.1 Å². The second-order valence-electron chi connectivity index (χ2n) is 5.51. The third-order valence-corrected chi connectivity index (χ3v) is 3.60. The maximum absolute atomic E-state index is 13.7. The fraction of sp³-hybridized carbons (Fsp3) is 0.100. The van der Waals surface area contributed by atoms with Gasteiger partial charge in [-0.1, -0.05) is 24.3 Å². The summed E-state index contributed by atoms with van der Waals surface area (Å²) in [4.78, 5) is 8.50. The number of aliphatic imine (C=N–C) groups is 2. The van der Waals surface area contributed by atoms with Gasteiger partial charge in [-0.2, -0.15) is 0 Å². The van der Waals surface area contributed by atoms with E-state index in [0.29, 0.717) is 22.9 Å². The molecule has 0 amide bonds.